The van der Waals surface area contributed by atoms with E-state index in [-0.39, 0.29) is 5.82 Å². The van der Waals surface area contributed by atoms with Crippen LogP contribution in [0.3, 0.4) is 0 Å². The number of rotatable bonds is 5. The molecule has 7 heteroatoms. The van der Waals surface area contributed by atoms with Crippen molar-refractivity contribution in [3.8, 4) is 5.69 Å². The average Bonchev–Trinajstić information content (AvgIpc) is 3.02. The topological polar surface area (TPSA) is 50.9 Å². The molecule has 0 aliphatic heterocycles. The van der Waals surface area contributed by atoms with E-state index in [2.05, 4.69) is 10.2 Å². The van der Waals surface area contributed by atoms with E-state index in [1.807, 2.05) is 18.2 Å². The van der Waals surface area contributed by atoms with E-state index >= 15 is 0 Å². The second-order valence-corrected chi connectivity index (χ2v) is 6.27. The maximum atomic E-state index is 12.9. The normalized spacial score (nSPS) is 12.3. The van der Waals surface area contributed by atoms with Gasteiger partial charge in [0.2, 0.25) is 0 Å². The fraction of sp³-hybridized carbons (Fsp3) is 0.125. The highest BCUT2D eigenvalue weighted by Gasteiger charge is 2.12. The molecule has 3 rings (SSSR count). The standard InChI is InChI=1S/C16H13ClFN3OS/c17-12-2-1-3-14(8-12)21-10-19-20-16(21)23-9-15(22)11-4-6-13(18)7-5-11/h1-8,10,15,22H,9H2. The van der Waals surface area contributed by atoms with Crippen molar-refractivity contribution in [2.75, 3.05) is 5.75 Å². The zero-order valence-corrected chi connectivity index (χ0v) is 13.5. The van der Waals surface area contributed by atoms with Crippen LogP contribution in [0, 0.1) is 5.82 Å². The first-order chi connectivity index (χ1) is 11.1. The van der Waals surface area contributed by atoms with Crippen molar-refractivity contribution >= 4 is 23.4 Å². The van der Waals surface area contributed by atoms with E-state index in [0.717, 1.165) is 5.69 Å². The van der Waals surface area contributed by atoms with E-state index in [1.54, 1.807) is 29.1 Å². The van der Waals surface area contributed by atoms with Crippen LogP contribution in [0.4, 0.5) is 4.39 Å². The molecule has 0 radical (unpaired) electrons. The molecule has 2 aromatic carbocycles. The molecular formula is C16H13ClFN3OS. The Balaban J connectivity index is 1.72. The van der Waals surface area contributed by atoms with Crippen LogP contribution in [0.2, 0.25) is 5.02 Å². The van der Waals surface area contributed by atoms with Crippen molar-refractivity contribution in [2.45, 2.75) is 11.3 Å². The third kappa shape index (κ3) is 3.90. The highest BCUT2D eigenvalue weighted by Crippen LogP contribution is 2.26. The van der Waals surface area contributed by atoms with E-state index in [9.17, 15) is 9.50 Å². The van der Waals surface area contributed by atoms with Crippen LogP contribution in [0.5, 0.6) is 0 Å². The summed E-state index contributed by atoms with van der Waals surface area (Å²) in [5, 5.41) is 19.4. The number of aromatic nitrogens is 3. The molecule has 1 N–H and O–H groups in total. The van der Waals surface area contributed by atoms with Gasteiger partial charge in [0.15, 0.2) is 5.16 Å². The fourth-order valence-electron chi connectivity index (χ4n) is 2.06. The van der Waals surface area contributed by atoms with Crippen molar-refractivity contribution in [3.05, 3.63) is 71.3 Å². The zero-order valence-electron chi connectivity index (χ0n) is 11.9. The summed E-state index contributed by atoms with van der Waals surface area (Å²) >= 11 is 7.37. The Morgan fingerprint density at radius 2 is 2.00 bits per heavy atom. The smallest absolute Gasteiger partial charge is 0.195 e. The van der Waals surface area contributed by atoms with Crippen LogP contribution in [-0.2, 0) is 0 Å². The lowest BCUT2D eigenvalue weighted by Gasteiger charge is -2.11. The van der Waals surface area contributed by atoms with Crippen LogP contribution in [-0.4, -0.2) is 25.6 Å². The first-order valence-corrected chi connectivity index (χ1v) is 8.22. The van der Waals surface area contributed by atoms with Gasteiger partial charge < -0.3 is 5.11 Å². The number of benzene rings is 2. The molecule has 0 bridgehead atoms. The average molecular weight is 350 g/mol. The third-order valence-corrected chi connectivity index (χ3v) is 4.48. The maximum absolute atomic E-state index is 12.9. The van der Waals surface area contributed by atoms with Crippen molar-refractivity contribution in [1.29, 1.82) is 0 Å². The van der Waals surface area contributed by atoms with Gasteiger partial charge in [-0.05, 0) is 35.9 Å². The number of thioether (sulfide) groups is 1. The first kappa shape index (κ1) is 16.0. The Bertz CT molecular complexity index is 794. The number of aliphatic hydroxyl groups excluding tert-OH is 1. The molecule has 23 heavy (non-hydrogen) atoms. The summed E-state index contributed by atoms with van der Waals surface area (Å²) in [6, 6.07) is 13.2. The number of hydrogen-bond acceptors (Lipinski definition) is 4. The van der Waals surface area contributed by atoms with E-state index in [0.29, 0.717) is 21.5 Å². The molecular weight excluding hydrogens is 337 g/mol. The molecule has 0 aliphatic rings. The van der Waals surface area contributed by atoms with Gasteiger partial charge in [0.05, 0.1) is 11.8 Å². The van der Waals surface area contributed by atoms with Gasteiger partial charge in [0.1, 0.15) is 12.1 Å². The lowest BCUT2D eigenvalue weighted by Crippen LogP contribution is -2.02. The fourth-order valence-corrected chi connectivity index (χ4v) is 3.14. The quantitative estimate of drug-likeness (QED) is 0.710. The molecule has 1 atom stereocenters. The molecule has 0 aliphatic carbocycles. The highest BCUT2D eigenvalue weighted by atomic mass is 35.5. The number of halogens is 2. The second kappa shape index (κ2) is 7.12. The summed E-state index contributed by atoms with van der Waals surface area (Å²) < 4.78 is 14.7. The molecule has 1 aromatic heterocycles. The summed E-state index contributed by atoms with van der Waals surface area (Å²) in [5.41, 5.74) is 1.51. The summed E-state index contributed by atoms with van der Waals surface area (Å²) in [7, 11) is 0. The van der Waals surface area contributed by atoms with Gasteiger partial charge in [-0.2, -0.15) is 0 Å². The monoisotopic (exact) mass is 349 g/mol. The predicted molar refractivity (Wildman–Crippen MR) is 88.5 cm³/mol. The summed E-state index contributed by atoms with van der Waals surface area (Å²) in [6.45, 7) is 0. The van der Waals surface area contributed by atoms with E-state index in [4.69, 9.17) is 11.6 Å². The van der Waals surface area contributed by atoms with Crippen molar-refractivity contribution < 1.29 is 9.50 Å². The summed E-state index contributed by atoms with van der Waals surface area (Å²) in [5.74, 6) is 0.0551. The number of nitrogens with zero attached hydrogens (tertiary/aromatic N) is 3. The predicted octanol–water partition coefficient (Wildman–Crippen LogP) is 3.89. The molecule has 0 saturated carbocycles. The maximum Gasteiger partial charge on any atom is 0.195 e. The molecule has 0 fully saturated rings. The first-order valence-electron chi connectivity index (χ1n) is 6.86. The molecule has 0 amide bonds. The van der Waals surface area contributed by atoms with Crippen LogP contribution >= 0.6 is 23.4 Å². The van der Waals surface area contributed by atoms with Crippen LogP contribution in [0.15, 0.2) is 60.0 Å². The van der Waals surface area contributed by atoms with Gasteiger partial charge in [-0.3, -0.25) is 4.57 Å². The number of aliphatic hydroxyl groups is 1. The molecule has 3 aromatic rings. The summed E-state index contributed by atoms with van der Waals surface area (Å²) in [6.07, 6.45) is 0.878. The highest BCUT2D eigenvalue weighted by molar-refractivity contribution is 7.99. The van der Waals surface area contributed by atoms with Crippen molar-refractivity contribution in [2.24, 2.45) is 0 Å². The SMILES string of the molecule is OC(CSc1nncn1-c1cccc(Cl)c1)c1ccc(F)cc1. The van der Waals surface area contributed by atoms with Crippen LogP contribution in [0.25, 0.3) is 5.69 Å². The Hall–Kier alpha value is -1.89. The Morgan fingerprint density at radius 1 is 1.22 bits per heavy atom. The molecule has 4 nitrogen and oxygen atoms in total. The van der Waals surface area contributed by atoms with Crippen molar-refractivity contribution in [3.63, 3.8) is 0 Å². The largest absolute Gasteiger partial charge is 0.388 e. The van der Waals surface area contributed by atoms with Crippen LogP contribution < -0.4 is 0 Å². The van der Waals surface area contributed by atoms with Crippen LogP contribution in [0.1, 0.15) is 11.7 Å². The molecule has 118 valence electrons. The lowest BCUT2D eigenvalue weighted by molar-refractivity contribution is 0.204. The van der Waals surface area contributed by atoms with Gasteiger partial charge in [-0.15, -0.1) is 10.2 Å². The number of hydrogen-bond donors (Lipinski definition) is 1. The summed E-state index contributed by atoms with van der Waals surface area (Å²) in [4.78, 5) is 0. The van der Waals surface area contributed by atoms with E-state index < -0.39 is 6.10 Å². The molecule has 0 spiro atoms. The minimum Gasteiger partial charge on any atom is -0.388 e. The zero-order chi connectivity index (χ0) is 16.2. The minimum atomic E-state index is -0.717. The second-order valence-electron chi connectivity index (χ2n) is 4.84. The van der Waals surface area contributed by atoms with Gasteiger partial charge in [-0.1, -0.05) is 41.6 Å². The van der Waals surface area contributed by atoms with Gasteiger partial charge in [-0.25, -0.2) is 4.39 Å². The van der Waals surface area contributed by atoms with Gasteiger partial charge >= 0.3 is 0 Å². The molecule has 0 saturated heterocycles. The Morgan fingerprint density at radius 3 is 2.74 bits per heavy atom. The lowest BCUT2D eigenvalue weighted by atomic mass is 10.1. The molecule has 1 heterocycles. The van der Waals surface area contributed by atoms with Gasteiger partial charge in [0.25, 0.3) is 0 Å². The third-order valence-electron chi connectivity index (χ3n) is 3.23. The van der Waals surface area contributed by atoms with E-state index in [1.165, 1.54) is 23.9 Å². The Labute approximate surface area is 141 Å². The minimum absolute atomic E-state index is 0.325. The molecule has 1 unspecified atom stereocenters. The Kier molecular flexibility index (Phi) is 4.95. The van der Waals surface area contributed by atoms with Gasteiger partial charge in [0, 0.05) is 10.8 Å². The van der Waals surface area contributed by atoms with Crippen molar-refractivity contribution in [1.82, 2.24) is 14.8 Å².